The smallest absolute Gasteiger partial charge is 0.407 e. The summed E-state index contributed by atoms with van der Waals surface area (Å²) in [5.74, 6) is 7.24. The van der Waals surface area contributed by atoms with E-state index < -0.39 is 35.1 Å². The predicted molar refractivity (Wildman–Crippen MR) is 239 cm³/mol. The average Bonchev–Trinajstić information content (AvgIpc) is 4.14. The van der Waals surface area contributed by atoms with Gasteiger partial charge < -0.3 is 39.6 Å². The van der Waals surface area contributed by atoms with Crippen molar-refractivity contribution in [3.05, 3.63) is 108 Å². The molecule has 2 aliphatic rings. The molecular formula is C49H54N8O7. The second-order valence-corrected chi connectivity index (χ2v) is 17.1. The summed E-state index contributed by atoms with van der Waals surface area (Å²) in [7, 11) is 2.89. The number of fused-ring (bicyclic) bond motifs is 3. The lowest BCUT2D eigenvalue weighted by Gasteiger charge is -2.42. The molecule has 4 aromatic carbocycles. The number of H-pyrrole nitrogens is 2. The third kappa shape index (κ3) is 8.21. The molecule has 332 valence electrons. The zero-order valence-electron chi connectivity index (χ0n) is 36.9. The summed E-state index contributed by atoms with van der Waals surface area (Å²) in [6.07, 6.45) is 1.59. The summed E-state index contributed by atoms with van der Waals surface area (Å²) in [5.41, 5.74) is 6.62. The van der Waals surface area contributed by atoms with E-state index in [1.807, 2.05) is 56.3 Å². The maximum Gasteiger partial charge on any atom is 0.407 e. The van der Waals surface area contributed by atoms with Crippen LogP contribution in [0, 0.1) is 23.7 Å². The second kappa shape index (κ2) is 18.3. The van der Waals surface area contributed by atoms with Crippen LogP contribution in [0.15, 0.2) is 85.1 Å². The standard InChI is InChI=1S/C49H54N8O7/c1-7-12-33-25-36(40-26-50-45(52-40)41-15-11-22-55(41)47(58)43(29(2)3)54-48(59)64-6)17-19-37(33)34-16-20-38-35(24-34)18-21-39-44(38)53-46(51-39)42-23-31(28-63-5)27-56(42)57(62,49(60)61)30(4)32-13-9-8-10-14-32/h8-10,13-14,16-21,24-26,29-31,41-43,62H,11,15,22-23,27-28H2,1-6H3,(H3-,50,51,52,53,54,59,60,61)/t30?,31-,41?,42-,43?,57?/m0/s1. The van der Waals surface area contributed by atoms with E-state index in [-0.39, 0.29) is 30.3 Å². The Morgan fingerprint density at radius 3 is 2.48 bits per heavy atom. The van der Waals surface area contributed by atoms with Gasteiger partial charge in [0, 0.05) is 41.6 Å². The Labute approximate surface area is 371 Å². The number of quaternary nitrogens is 1. The Balaban J connectivity index is 1.08. The normalized spacial score (nSPS) is 19.6. The number of nitrogens with zero attached hydrogens (tertiary/aromatic N) is 5. The largest absolute Gasteiger partial charge is 0.494 e. The van der Waals surface area contributed by atoms with Gasteiger partial charge in [-0.15, -0.1) is 10.9 Å². The molecule has 0 bridgehead atoms. The summed E-state index contributed by atoms with van der Waals surface area (Å²) < 4.78 is 8.85. The number of alkyl carbamates (subject to hydrolysis) is 1. The minimum Gasteiger partial charge on any atom is -0.494 e. The number of aromatic nitrogens is 4. The highest BCUT2D eigenvalue weighted by Crippen LogP contribution is 2.43. The van der Waals surface area contributed by atoms with E-state index >= 15 is 0 Å². The number of rotatable bonds is 12. The Kier molecular flexibility index (Phi) is 12.6. The van der Waals surface area contributed by atoms with E-state index in [9.17, 15) is 24.7 Å². The highest BCUT2D eigenvalue weighted by atomic mass is 16.7. The number of methoxy groups -OCH3 is 2. The van der Waals surface area contributed by atoms with Crippen LogP contribution in [0.2, 0.25) is 0 Å². The molecule has 2 saturated heterocycles. The summed E-state index contributed by atoms with van der Waals surface area (Å²) >= 11 is 0. The topological polar surface area (TPSA) is 189 Å². The molecule has 15 nitrogen and oxygen atoms in total. The van der Waals surface area contributed by atoms with Gasteiger partial charge in [-0.2, -0.15) is 5.21 Å². The molecule has 4 unspecified atom stereocenters. The number of carbonyl (C=O) groups excluding carboxylic acids is 3. The van der Waals surface area contributed by atoms with Gasteiger partial charge in [0.15, 0.2) is 6.04 Å². The van der Waals surface area contributed by atoms with Crippen molar-refractivity contribution in [2.24, 2.45) is 11.8 Å². The first-order valence-electron chi connectivity index (χ1n) is 21.7. The number of carbonyl (C=O) groups is 3. The van der Waals surface area contributed by atoms with Crippen LogP contribution >= 0.6 is 0 Å². The maximum atomic E-state index is 13.7. The molecule has 0 spiro atoms. The first-order valence-corrected chi connectivity index (χ1v) is 21.7. The Hall–Kier alpha value is -6.57. The lowest BCUT2D eigenvalue weighted by atomic mass is 9.95. The fraction of sp³-hybridized carbons (Fsp3) is 0.367. The van der Waals surface area contributed by atoms with Crippen molar-refractivity contribution in [2.75, 3.05) is 33.9 Å². The predicted octanol–water partition coefficient (Wildman–Crippen LogP) is 7.42. The first kappa shape index (κ1) is 44.1. The average molecular weight is 867 g/mol. The number of carboxylic acid groups (broad SMARTS) is 1. The van der Waals surface area contributed by atoms with Crippen LogP contribution in [0.25, 0.3) is 44.2 Å². The molecule has 0 radical (unpaired) electrons. The van der Waals surface area contributed by atoms with E-state index in [0.29, 0.717) is 36.8 Å². The summed E-state index contributed by atoms with van der Waals surface area (Å²) in [4.78, 5) is 57.2. The molecule has 2 aromatic heterocycles. The Morgan fingerprint density at radius 1 is 0.984 bits per heavy atom. The van der Waals surface area contributed by atoms with E-state index in [1.165, 1.54) is 7.11 Å². The fourth-order valence-electron chi connectivity index (χ4n) is 9.48. The Morgan fingerprint density at radius 2 is 1.77 bits per heavy atom. The highest BCUT2D eigenvalue weighted by molar-refractivity contribution is 6.05. The molecule has 2 fully saturated rings. The van der Waals surface area contributed by atoms with Crippen LogP contribution in [0.1, 0.15) is 87.9 Å². The van der Waals surface area contributed by atoms with Crippen molar-refractivity contribution in [2.45, 2.75) is 71.1 Å². The number of aromatic amines is 2. The zero-order chi connectivity index (χ0) is 45.3. The molecule has 4 N–H and O–H groups in total. The van der Waals surface area contributed by atoms with Gasteiger partial charge in [0.1, 0.15) is 23.7 Å². The molecule has 15 heteroatoms. The number of nitrogens with one attached hydrogen (secondary N) is 3. The fourth-order valence-corrected chi connectivity index (χ4v) is 9.48. The van der Waals surface area contributed by atoms with Crippen LogP contribution in [-0.2, 0) is 14.3 Å². The first-order chi connectivity index (χ1) is 30.9. The molecule has 0 saturated carbocycles. The van der Waals surface area contributed by atoms with Crippen molar-refractivity contribution in [3.63, 3.8) is 0 Å². The van der Waals surface area contributed by atoms with E-state index in [2.05, 4.69) is 51.4 Å². The molecule has 4 heterocycles. The second-order valence-electron chi connectivity index (χ2n) is 17.1. The number of hydrogen-bond donors (Lipinski definition) is 4. The summed E-state index contributed by atoms with van der Waals surface area (Å²) in [6, 6.07) is 23.0. The number of likely N-dealkylation sites (tertiary alicyclic amines) is 1. The monoisotopic (exact) mass is 866 g/mol. The van der Waals surface area contributed by atoms with Gasteiger partial charge in [0.25, 0.3) is 0 Å². The SMILES string of the molecule is CC#Cc1cc(-c2cnc(C3CCCN3C(=O)C(NC(=O)OC)C(C)C)[nH]2)ccc1-c1ccc2c(ccc3nc([C@@H]4C[C@H](COC)CN4[N+](O)(C(=O)[O-])C(C)c4ccccc4)[nH]c32)c1. The summed E-state index contributed by atoms with van der Waals surface area (Å²) in [6.45, 7) is 8.47. The van der Waals surface area contributed by atoms with Crippen molar-refractivity contribution in [1.29, 1.82) is 0 Å². The lowest BCUT2D eigenvalue weighted by Crippen LogP contribution is -2.66. The van der Waals surface area contributed by atoms with Crippen LogP contribution in [0.5, 0.6) is 0 Å². The quantitative estimate of drug-likeness (QED) is 0.0417. The summed E-state index contributed by atoms with van der Waals surface area (Å²) in [5, 5.41) is 31.2. The zero-order valence-corrected chi connectivity index (χ0v) is 36.9. The van der Waals surface area contributed by atoms with Crippen molar-refractivity contribution >= 4 is 39.9 Å². The molecule has 2 aliphatic heterocycles. The van der Waals surface area contributed by atoms with Gasteiger partial charge in [-0.05, 0) is 73.7 Å². The van der Waals surface area contributed by atoms with Gasteiger partial charge in [-0.1, -0.05) is 85.2 Å². The Bertz CT molecular complexity index is 2760. The third-order valence-corrected chi connectivity index (χ3v) is 12.8. The van der Waals surface area contributed by atoms with Crippen molar-refractivity contribution in [1.82, 2.24) is 35.2 Å². The molecule has 64 heavy (non-hydrogen) atoms. The maximum absolute atomic E-state index is 13.7. The van der Waals surface area contributed by atoms with Crippen LogP contribution in [0.4, 0.5) is 9.59 Å². The van der Waals surface area contributed by atoms with Crippen LogP contribution in [-0.4, -0.2) is 97.9 Å². The number of amides is 3. The minimum atomic E-state index is -1.63. The van der Waals surface area contributed by atoms with E-state index in [0.717, 1.165) is 62.6 Å². The van der Waals surface area contributed by atoms with E-state index in [4.69, 9.17) is 19.4 Å². The molecular weight excluding hydrogens is 813 g/mol. The molecule has 6 aromatic rings. The number of ether oxygens (including phenoxy) is 2. The van der Waals surface area contributed by atoms with Crippen molar-refractivity contribution in [3.8, 4) is 34.2 Å². The number of imidazole rings is 2. The van der Waals surface area contributed by atoms with Crippen molar-refractivity contribution < 1.29 is 38.9 Å². The van der Waals surface area contributed by atoms with E-state index in [1.54, 1.807) is 49.2 Å². The van der Waals surface area contributed by atoms with Gasteiger partial charge in [0.05, 0.1) is 49.2 Å². The number of hydroxylamine groups is 2. The molecule has 6 atom stereocenters. The molecule has 0 aliphatic carbocycles. The van der Waals surface area contributed by atoms with Gasteiger partial charge in [0.2, 0.25) is 5.91 Å². The van der Waals surface area contributed by atoms with Gasteiger partial charge in [-0.25, -0.2) is 14.8 Å². The molecule has 3 amide bonds. The third-order valence-electron chi connectivity index (χ3n) is 12.8. The van der Waals surface area contributed by atoms with Crippen LogP contribution < -0.4 is 10.4 Å². The van der Waals surface area contributed by atoms with Gasteiger partial charge in [-0.3, -0.25) is 4.79 Å². The highest BCUT2D eigenvalue weighted by Gasteiger charge is 2.53. The molecule has 8 rings (SSSR count). The number of hydrogen-bond acceptors (Lipinski definition) is 10. The number of benzene rings is 4. The lowest BCUT2D eigenvalue weighted by molar-refractivity contribution is -1.16. The van der Waals surface area contributed by atoms with Gasteiger partial charge >= 0.3 is 12.2 Å². The minimum absolute atomic E-state index is 0.0641. The van der Waals surface area contributed by atoms with Crippen LogP contribution in [0.3, 0.4) is 0 Å².